The molecule has 8 heteroatoms. The number of carbonyl (C=O) groups excluding carboxylic acids is 1. The van der Waals surface area contributed by atoms with E-state index in [0.717, 1.165) is 11.3 Å². The maximum atomic E-state index is 11.8. The average Bonchev–Trinajstić information content (AvgIpc) is 2.78. The lowest BCUT2D eigenvalue weighted by molar-refractivity contribution is -0.120. The van der Waals surface area contributed by atoms with Crippen molar-refractivity contribution >= 4 is 23.2 Å². The quantitative estimate of drug-likeness (QED) is 0.661. The maximum Gasteiger partial charge on any atom is 0.347 e. The molecule has 1 amide bonds. The Labute approximate surface area is 129 Å². The summed E-state index contributed by atoms with van der Waals surface area (Å²) in [5, 5.41) is 30.8. The van der Waals surface area contributed by atoms with Crippen LogP contribution >= 0.6 is 11.3 Å². The number of carbonyl (C=O) groups is 2. The summed E-state index contributed by atoms with van der Waals surface area (Å²) in [6, 6.07) is 4.09. The molecule has 1 heterocycles. The standard InChI is InChI=1S/C14H14N2O5S/c1-7-13(14(20)21)22-12(16-7)5-11(19)15-6-8-2-3-9(17)4-10(8)18/h2-4,17-18H,5-6H2,1H3,(H,15,19)(H,20,21). The Morgan fingerprint density at radius 2 is 2.05 bits per heavy atom. The van der Waals surface area contributed by atoms with E-state index in [-0.39, 0.29) is 35.2 Å². The molecule has 0 fully saturated rings. The highest BCUT2D eigenvalue weighted by Gasteiger charge is 2.16. The Bertz CT molecular complexity index is 726. The van der Waals surface area contributed by atoms with Gasteiger partial charge in [-0.15, -0.1) is 11.3 Å². The third-order valence-electron chi connectivity index (χ3n) is 2.89. The van der Waals surface area contributed by atoms with Crippen LogP contribution in [0.5, 0.6) is 11.5 Å². The average molecular weight is 322 g/mol. The minimum absolute atomic E-state index is 0.0301. The molecule has 0 saturated carbocycles. The molecule has 1 aromatic heterocycles. The van der Waals surface area contributed by atoms with Gasteiger partial charge in [-0.25, -0.2) is 9.78 Å². The number of phenolic OH excluding ortho intramolecular Hbond substituents is 2. The third-order valence-corrected chi connectivity index (χ3v) is 4.04. The molecule has 0 saturated heterocycles. The fourth-order valence-electron chi connectivity index (χ4n) is 1.82. The van der Waals surface area contributed by atoms with Crippen molar-refractivity contribution in [2.75, 3.05) is 0 Å². The summed E-state index contributed by atoms with van der Waals surface area (Å²) in [4.78, 5) is 26.9. The summed E-state index contributed by atoms with van der Waals surface area (Å²) in [7, 11) is 0. The van der Waals surface area contributed by atoms with Crippen LogP contribution in [0, 0.1) is 6.92 Å². The van der Waals surface area contributed by atoms with Crippen molar-refractivity contribution < 1.29 is 24.9 Å². The molecule has 22 heavy (non-hydrogen) atoms. The van der Waals surface area contributed by atoms with Gasteiger partial charge in [-0.3, -0.25) is 4.79 Å². The van der Waals surface area contributed by atoms with Gasteiger partial charge in [-0.2, -0.15) is 0 Å². The minimum atomic E-state index is -1.06. The zero-order valence-corrected chi connectivity index (χ0v) is 12.5. The number of hydrogen-bond donors (Lipinski definition) is 4. The van der Waals surface area contributed by atoms with Gasteiger partial charge in [0.2, 0.25) is 5.91 Å². The number of hydrogen-bond acceptors (Lipinski definition) is 6. The van der Waals surface area contributed by atoms with Crippen LogP contribution in [-0.2, 0) is 17.8 Å². The number of thiazole rings is 1. The smallest absolute Gasteiger partial charge is 0.347 e. The number of rotatable bonds is 5. The number of carboxylic acid groups (broad SMARTS) is 1. The summed E-state index contributed by atoms with van der Waals surface area (Å²) in [6.07, 6.45) is -0.0301. The topological polar surface area (TPSA) is 120 Å². The number of nitrogens with one attached hydrogen (secondary N) is 1. The van der Waals surface area contributed by atoms with Crippen molar-refractivity contribution in [3.8, 4) is 11.5 Å². The number of aryl methyl sites for hydroxylation is 1. The number of aromatic hydroxyl groups is 2. The predicted molar refractivity (Wildman–Crippen MR) is 79.1 cm³/mol. The van der Waals surface area contributed by atoms with E-state index in [0.29, 0.717) is 16.3 Å². The third kappa shape index (κ3) is 3.73. The molecular weight excluding hydrogens is 308 g/mol. The Morgan fingerprint density at radius 3 is 2.64 bits per heavy atom. The number of aromatic carboxylic acids is 1. The minimum Gasteiger partial charge on any atom is -0.508 e. The Balaban J connectivity index is 1.96. The molecule has 4 N–H and O–H groups in total. The Morgan fingerprint density at radius 1 is 1.32 bits per heavy atom. The monoisotopic (exact) mass is 322 g/mol. The second kappa shape index (κ2) is 6.44. The lowest BCUT2D eigenvalue weighted by Crippen LogP contribution is -2.24. The van der Waals surface area contributed by atoms with E-state index < -0.39 is 5.97 Å². The molecule has 0 aliphatic carbocycles. The second-order valence-electron chi connectivity index (χ2n) is 4.59. The summed E-state index contributed by atoms with van der Waals surface area (Å²) in [6.45, 7) is 1.68. The lowest BCUT2D eigenvalue weighted by atomic mass is 10.2. The highest BCUT2D eigenvalue weighted by Crippen LogP contribution is 2.22. The van der Waals surface area contributed by atoms with Gasteiger partial charge in [0, 0.05) is 18.2 Å². The number of carboxylic acids is 1. The summed E-state index contributed by atoms with van der Waals surface area (Å²) in [5.41, 5.74) is 0.851. The van der Waals surface area contributed by atoms with E-state index in [9.17, 15) is 19.8 Å². The van der Waals surface area contributed by atoms with Crippen LogP contribution in [-0.4, -0.2) is 32.2 Å². The van der Waals surface area contributed by atoms with Crippen molar-refractivity contribution in [2.24, 2.45) is 0 Å². The first-order valence-electron chi connectivity index (χ1n) is 6.34. The number of amides is 1. The van der Waals surface area contributed by atoms with E-state index in [1.807, 2.05) is 0 Å². The first-order valence-corrected chi connectivity index (χ1v) is 7.15. The van der Waals surface area contributed by atoms with Crippen molar-refractivity contribution in [2.45, 2.75) is 19.9 Å². The molecule has 0 bridgehead atoms. The zero-order valence-electron chi connectivity index (χ0n) is 11.7. The molecule has 0 atom stereocenters. The fraction of sp³-hybridized carbons (Fsp3) is 0.214. The molecule has 1 aromatic carbocycles. The largest absolute Gasteiger partial charge is 0.508 e. The van der Waals surface area contributed by atoms with Gasteiger partial charge in [0.15, 0.2) is 0 Å². The van der Waals surface area contributed by atoms with E-state index in [1.54, 1.807) is 6.92 Å². The first kappa shape index (κ1) is 15.8. The Kier molecular flexibility index (Phi) is 4.62. The molecule has 0 aliphatic rings. The molecule has 0 spiro atoms. The number of nitrogens with zero attached hydrogens (tertiary/aromatic N) is 1. The van der Waals surface area contributed by atoms with Crippen molar-refractivity contribution in [3.05, 3.63) is 39.3 Å². The first-order chi connectivity index (χ1) is 10.4. The van der Waals surface area contributed by atoms with Crippen molar-refractivity contribution in [3.63, 3.8) is 0 Å². The molecule has 0 unspecified atom stereocenters. The maximum absolute atomic E-state index is 11.8. The highest BCUT2D eigenvalue weighted by molar-refractivity contribution is 7.13. The van der Waals surface area contributed by atoms with Gasteiger partial charge >= 0.3 is 5.97 Å². The summed E-state index contributed by atoms with van der Waals surface area (Å²) in [5.74, 6) is -1.57. The van der Waals surface area contributed by atoms with E-state index >= 15 is 0 Å². The van der Waals surface area contributed by atoms with Crippen molar-refractivity contribution in [1.29, 1.82) is 0 Å². The van der Waals surface area contributed by atoms with Crippen LogP contribution in [0.25, 0.3) is 0 Å². The zero-order chi connectivity index (χ0) is 16.3. The van der Waals surface area contributed by atoms with Gasteiger partial charge in [0.05, 0.1) is 12.1 Å². The predicted octanol–water partition coefficient (Wildman–Crippen LogP) is 1.42. The molecule has 116 valence electrons. The fourth-order valence-corrected chi connectivity index (χ4v) is 2.72. The van der Waals surface area contributed by atoms with E-state index in [4.69, 9.17) is 5.11 Å². The Hall–Kier alpha value is -2.61. The van der Waals surface area contributed by atoms with Gasteiger partial charge in [0.25, 0.3) is 0 Å². The number of benzene rings is 1. The summed E-state index contributed by atoms with van der Waals surface area (Å²) < 4.78 is 0. The van der Waals surface area contributed by atoms with E-state index in [1.165, 1.54) is 18.2 Å². The highest BCUT2D eigenvalue weighted by atomic mass is 32.1. The molecular formula is C14H14N2O5S. The molecule has 0 radical (unpaired) electrons. The van der Waals surface area contributed by atoms with Crippen LogP contribution in [0.15, 0.2) is 18.2 Å². The van der Waals surface area contributed by atoms with Crippen LogP contribution in [0.1, 0.15) is 25.9 Å². The van der Waals surface area contributed by atoms with Crippen molar-refractivity contribution in [1.82, 2.24) is 10.3 Å². The number of aromatic nitrogens is 1. The second-order valence-corrected chi connectivity index (χ2v) is 5.68. The molecule has 2 rings (SSSR count). The van der Waals surface area contributed by atoms with Crippen LogP contribution < -0.4 is 5.32 Å². The van der Waals surface area contributed by atoms with Gasteiger partial charge in [-0.05, 0) is 19.1 Å². The van der Waals surface area contributed by atoms with Crippen LogP contribution in [0.2, 0.25) is 0 Å². The summed E-state index contributed by atoms with van der Waals surface area (Å²) >= 11 is 0.969. The molecule has 7 nitrogen and oxygen atoms in total. The molecule has 2 aromatic rings. The SMILES string of the molecule is Cc1nc(CC(=O)NCc2ccc(O)cc2O)sc1C(=O)O. The van der Waals surface area contributed by atoms with Crippen LogP contribution in [0.4, 0.5) is 0 Å². The normalized spacial score (nSPS) is 10.4. The van der Waals surface area contributed by atoms with Gasteiger partial charge in [-0.1, -0.05) is 0 Å². The van der Waals surface area contributed by atoms with Gasteiger partial charge in [0.1, 0.15) is 21.4 Å². The van der Waals surface area contributed by atoms with E-state index in [2.05, 4.69) is 10.3 Å². The lowest BCUT2D eigenvalue weighted by Gasteiger charge is -2.06. The molecule has 0 aliphatic heterocycles. The number of phenols is 2. The van der Waals surface area contributed by atoms with Gasteiger partial charge < -0.3 is 20.6 Å². The van der Waals surface area contributed by atoms with Crippen LogP contribution in [0.3, 0.4) is 0 Å².